The predicted octanol–water partition coefficient (Wildman–Crippen LogP) is 1.88. The molecule has 0 radical (unpaired) electrons. The van der Waals surface area contributed by atoms with Crippen LogP contribution in [0.4, 0.5) is 0 Å². The Morgan fingerprint density at radius 1 is 1.38 bits per heavy atom. The lowest BCUT2D eigenvalue weighted by Gasteiger charge is -2.24. The molecular formula is C18H23N3O3. The molecule has 0 spiro atoms. The molecule has 6 nitrogen and oxygen atoms in total. The lowest BCUT2D eigenvalue weighted by atomic mass is 10.1. The van der Waals surface area contributed by atoms with Crippen molar-refractivity contribution in [3.8, 4) is 11.5 Å². The summed E-state index contributed by atoms with van der Waals surface area (Å²) < 4.78 is 12.7. The van der Waals surface area contributed by atoms with Crippen LogP contribution in [0.3, 0.4) is 0 Å². The smallest absolute Gasteiger partial charge is 0.224 e. The third-order valence-electron chi connectivity index (χ3n) is 4.32. The summed E-state index contributed by atoms with van der Waals surface area (Å²) in [6.45, 7) is 2.77. The number of methoxy groups -OCH3 is 2. The standard InChI is InChI=1S/C18H23N3O3/c1-12-10-21-11-14(5-7-17(21)19-12)20-18(22)8-13-4-6-15(23-2)9-16(13)24-3/h4,6,9-10,14H,5,7-8,11H2,1-3H3,(H,20,22)/t14-/m0/s1. The van der Waals surface area contributed by atoms with Crippen molar-refractivity contribution in [2.75, 3.05) is 14.2 Å². The number of rotatable bonds is 5. The zero-order valence-corrected chi connectivity index (χ0v) is 14.3. The van der Waals surface area contributed by atoms with Crippen molar-refractivity contribution in [2.24, 2.45) is 0 Å². The lowest BCUT2D eigenvalue weighted by molar-refractivity contribution is -0.121. The van der Waals surface area contributed by atoms with Crippen molar-refractivity contribution in [3.63, 3.8) is 0 Å². The molecule has 2 aromatic rings. The largest absolute Gasteiger partial charge is 0.497 e. The molecule has 1 aliphatic heterocycles. The number of imidazole rings is 1. The van der Waals surface area contributed by atoms with Crippen molar-refractivity contribution < 1.29 is 14.3 Å². The van der Waals surface area contributed by atoms with Gasteiger partial charge in [0.05, 0.1) is 26.3 Å². The van der Waals surface area contributed by atoms with E-state index in [1.54, 1.807) is 20.3 Å². The molecule has 128 valence electrons. The molecule has 0 saturated carbocycles. The first-order valence-electron chi connectivity index (χ1n) is 8.12. The van der Waals surface area contributed by atoms with Crippen LogP contribution in [0.5, 0.6) is 11.5 Å². The molecule has 1 N–H and O–H groups in total. The van der Waals surface area contributed by atoms with Crippen LogP contribution in [0.2, 0.25) is 0 Å². The molecule has 0 unspecified atom stereocenters. The van der Waals surface area contributed by atoms with Crippen LogP contribution in [-0.4, -0.2) is 35.7 Å². The number of hydrogen-bond donors (Lipinski definition) is 1. The number of ether oxygens (including phenoxy) is 2. The number of hydrogen-bond acceptors (Lipinski definition) is 4. The number of amides is 1. The molecule has 0 saturated heterocycles. The summed E-state index contributed by atoms with van der Waals surface area (Å²) in [6, 6.07) is 5.65. The zero-order valence-electron chi connectivity index (χ0n) is 14.3. The van der Waals surface area contributed by atoms with Crippen molar-refractivity contribution >= 4 is 5.91 Å². The van der Waals surface area contributed by atoms with E-state index < -0.39 is 0 Å². The van der Waals surface area contributed by atoms with E-state index >= 15 is 0 Å². The van der Waals surface area contributed by atoms with Crippen LogP contribution in [-0.2, 0) is 24.2 Å². The zero-order chi connectivity index (χ0) is 17.1. The van der Waals surface area contributed by atoms with E-state index in [1.807, 2.05) is 25.3 Å². The molecule has 2 heterocycles. The van der Waals surface area contributed by atoms with Gasteiger partial charge >= 0.3 is 0 Å². The molecule has 3 rings (SSSR count). The Kier molecular flexibility index (Phi) is 4.74. The SMILES string of the molecule is COc1ccc(CC(=O)N[C@H]2CCc3nc(C)cn3C2)c(OC)c1. The third kappa shape index (κ3) is 3.53. The monoisotopic (exact) mass is 329 g/mol. The highest BCUT2D eigenvalue weighted by Gasteiger charge is 2.21. The van der Waals surface area contributed by atoms with Crippen molar-refractivity contribution in [3.05, 3.63) is 41.5 Å². The van der Waals surface area contributed by atoms with Gasteiger partial charge in [0.25, 0.3) is 0 Å². The topological polar surface area (TPSA) is 65.4 Å². The highest BCUT2D eigenvalue weighted by atomic mass is 16.5. The molecule has 0 aliphatic carbocycles. The average Bonchev–Trinajstić information content (AvgIpc) is 2.94. The van der Waals surface area contributed by atoms with Crippen molar-refractivity contribution in [1.29, 1.82) is 0 Å². The summed E-state index contributed by atoms with van der Waals surface area (Å²) in [7, 11) is 3.20. The van der Waals surface area contributed by atoms with Crippen LogP contribution < -0.4 is 14.8 Å². The first-order chi connectivity index (χ1) is 11.6. The molecule has 0 fully saturated rings. The Bertz CT molecular complexity index is 739. The molecular weight excluding hydrogens is 306 g/mol. The molecule has 6 heteroatoms. The van der Waals surface area contributed by atoms with E-state index in [1.165, 1.54) is 0 Å². The fraction of sp³-hybridized carbons (Fsp3) is 0.444. The van der Waals surface area contributed by atoms with E-state index in [9.17, 15) is 4.79 Å². The van der Waals surface area contributed by atoms with Gasteiger partial charge in [0, 0.05) is 36.8 Å². The van der Waals surface area contributed by atoms with E-state index in [0.717, 1.165) is 36.5 Å². The Hall–Kier alpha value is -2.50. The van der Waals surface area contributed by atoms with E-state index in [2.05, 4.69) is 14.9 Å². The Morgan fingerprint density at radius 2 is 2.21 bits per heavy atom. The highest BCUT2D eigenvalue weighted by Crippen LogP contribution is 2.25. The second kappa shape index (κ2) is 6.95. The summed E-state index contributed by atoms with van der Waals surface area (Å²) >= 11 is 0. The van der Waals surface area contributed by atoms with Crippen LogP contribution in [0.15, 0.2) is 24.4 Å². The maximum Gasteiger partial charge on any atom is 0.224 e. The molecule has 0 bridgehead atoms. The van der Waals surface area contributed by atoms with Gasteiger partial charge < -0.3 is 19.4 Å². The number of carbonyl (C=O) groups is 1. The van der Waals surface area contributed by atoms with Gasteiger partial charge in [-0.05, 0) is 19.4 Å². The van der Waals surface area contributed by atoms with Crippen LogP contribution in [0.1, 0.15) is 23.5 Å². The minimum atomic E-state index is 0.00348. The molecule has 1 atom stereocenters. The normalized spacial score (nSPS) is 16.4. The second-order valence-electron chi connectivity index (χ2n) is 6.11. The lowest BCUT2D eigenvalue weighted by Crippen LogP contribution is -2.41. The molecule has 1 aromatic heterocycles. The molecule has 1 aliphatic rings. The predicted molar refractivity (Wildman–Crippen MR) is 90.5 cm³/mol. The van der Waals surface area contributed by atoms with Crippen molar-refractivity contribution in [1.82, 2.24) is 14.9 Å². The minimum Gasteiger partial charge on any atom is -0.497 e. The fourth-order valence-electron chi connectivity index (χ4n) is 3.15. The molecule has 1 aromatic carbocycles. The number of fused-ring (bicyclic) bond motifs is 1. The number of nitrogens with zero attached hydrogens (tertiary/aromatic N) is 2. The van der Waals surface area contributed by atoms with Gasteiger partial charge in [0.1, 0.15) is 17.3 Å². The summed E-state index contributed by atoms with van der Waals surface area (Å²) in [6.07, 6.45) is 4.15. The second-order valence-corrected chi connectivity index (χ2v) is 6.11. The first-order valence-corrected chi connectivity index (χ1v) is 8.12. The van der Waals surface area contributed by atoms with E-state index in [-0.39, 0.29) is 11.9 Å². The first kappa shape index (κ1) is 16.4. The number of aryl methyl sites for hydroxylation is 2. The number of carbonyl (C=O) groups excluding carboxylic acids is 1. The van der Waals surface area contributed by atoms with Gasteiger partial charge in [-0.3, -0.25) is 4.79 Å². The maximum atomic E-state index is 12.4. The van der Waals surface area contributed by atoms with Gasteiger partial charge in [-0.25, -0.2) is 4.98 Å². The van der Waals surface area contributed by atoms with Crippen LogP contribution >= 0.6 is 0 Å². The molecule has 24 heavy (non-hydrogen) atoms. The Balaban J connectivity index is 1.62. The Labute approximate surface area is 141 Å². The number of nitrogens with one attached hydrogen (secondary N) is 1. The van der Waals surface area contributed by atoms with Gasteiger partial charge in [-0.1, -0.05) is 6.07 Å². The fourth-order valence-corrected chi connectivity index (χ4v) is 3.15. The van der Waals surface area contributed by atoms with E-state index in [4.69, 9.17) is 9.47 Å². The van der Waals surface area contributed by atoms with E-state index in [0.29, 0.717) is 17.9 Å². The summed E-state index contributed by atoms with van der Waals surface area (Å²) in [5, 5.41) is 3.12. The van der Waals surface area contributed by atoms with Gasteiger partial charge in [-0.15, -0.1) is 0 Å². The summed E-state index contributed by atoms with van der Waals surface area (Å²) in [4.78, 5) is 16.9. The summed E-state index contributed by atoms with van der Waals surface area (Å²) in [5.41, 5.74) is 1.88. The number of aromatic nitrogens is 2. The minimum absolute atomic E-state index is 0.00348. The molecule has 1 amide bonds. The quantitative estimate of drug-likeness (QED) is 0.910. The number of benzene rings is 1. The van der Waals surface area contributed by atoms with Gasteiger partial charge in [0.15, 0.2) is 0 Å². The van der Waals surface area contributed by atoms with Gasteiger partial charge in [0.2, 0.25) is 5.91 Å². The summed E-state index contributed by atoms with van der Waals surface area (Å²) in [5.74, 6) is 2.49. The van der Waals surface area contributed by atoms with Gasteiger partial charge in [-0.2, -0.15) is 0 Å². The Morgan fingerprint density at radius 3 is 2.96 bits per heavy atom. The average molecular weight is 329 g/mol. The maximum absolute atomic E-state index is 12.4. The van der Waals surface area contributed by atoms with Crippen molar-refractivity contribution in [2.45, 2.75) is 38.8 Å². The van der Waals surface area contributed by atoms with Crippen LogP contribution in [0.25, 0.3) is 0 Å². The van der Waals surface area contributed by atoms with Crippen LogP contribution in [0, 0.1) is 6.92 Å². The third-order valence-corrected chi connectivity index (χ3v) is 4.32. The highest BCUT2D eigenvalue weighted by molar-refractivity contribution is 5.79.